The smallest absolute Gasteiger partial charge is 0.257 e. The van der Waals surface area contributed by atoms with Gasteiger partial charge in [-0.05, 0) is 37.0 Å². The lowest BCUT2D eigenvalue weighted by atomic mass is 10.0. The lowest BCUT2D eigenvalue weighted by Crippen LogP contribution is -2.20. The molecule has 0 atom stereocenters. The molecule has 0 spiro atoms. The lowest BCUT2D eigenvalue weighted by molar-refractivity contribution is 0.0601. The SMILES string of the molecule is O=C(Nc1cnn(CC2CCOCC2)c1)c1cc(Cl)ccc1Cl. The van der Waals surface area contributed by atoms with Crippen LogP contribution in [0.5, 0.6) is 0 Å². The van der Waals surface area contributed by atoms with Crippen molar-refractivity contribution in [2.24, 2.45) is 5.92 Å². The number of benzene rings is 1. The van der Waals surface area contributed by atoms with Gasteiger partial charge in [0.25, 0.3) is 5.91 Å². The van der Waals surface area contributed by atoms with E-state index in [0.717, 1.165) is 32.6 Å². The fourth-order valence-electron chi connectivity index (χ4n) is 2.59. The average Bonchev–Trinajstić information content (AvgIpc) is 2.97. The van der Waals surface area contributed by atoms with E-state index in [-0.39, 0.29) is 5.91 Å². The van der Waals surface area contributed by atoms with Crippen LogP contribution in [0.4, 0.5) is 5.69 Å². The number of hydrogen-bond donors (Lipinski definition) is 1. The highest BCUT2D eigenvalue weighted by Crippen LogP contribution is 2.22. The summed E-state index contributed by atoms with van der Waals surface area (Å²) < 4.78 is 7.21. The topological polar surface area (TPSA) is 56.2 Å². The van der Waals surface area contributed by atoms with E-state index in [9.17, 15) is 4.79 Å². The number of nitrogens with zero attached hydrogens (tertiary/aromatic N) is 2. The Morgan fingerprint density at radius 3 is 2.91 bits per heavy atom. The zero-order valence-electron chi connectivity index (χ0n) is 12.5. The Morgan fingerprint density at radius 2 is 2.13 bits per heavy atom. The van der Waals surface area contributed by atoms with Crippen LogP contribution in [0.1, 0.15) is 23.2 Å². The monoisotopic (exact) mass is 353 g/mol. The van der Waals surface area contributed by atoms with Crippen molar-refractivity contribution in [1.82, 2.24) is 9.78 Å². The number of ether oxygens (including phenoxy) is 1. The molecule has 7 heteroatoms. The van der Waals surface area contributed by atoms with Crippen molar-refractivity contribution in [3.05, 3.63) is 46.2 Å². The zero-order chi connectivity index (χ0) is 16.2. The van der Waals surface area contributed by atoms with Crippen LogP contribution in [0.15, 0.2) is 30.6 Å². The Kier molecular flexibility index (Phi) is 5.20. The van der Waals surface area contributed by atoms with Crippen LogP contribution in [0.25, 0.3) is 0 Å². The van der Waals surface area contributed by atoms with Gasteiger partial charge in [-0.1, -0.05) is 23.2 Å². The first-order chi connectivity index (χ1) is 11.1. The predicted octanol–water partition coefficient (Wildman–Crippen LogP) is 3.87. The third-order valence-electron chi connectivity index (χ3n) is 3.85. The molecule has 23 heavy (non-hydrogen) atoms. The Labute approximate surface area is 144 Å². The zero-order valence-corrected chi connectivity index (χ0v) is 14.0. The van der Waals surface area contributed by atoms with Gasteiger partial charge in [-0.3, -0.25) is 9.48 Å². The average molecular weight is 354 g/mol. The van der Waals surface area contributed by atoms with Gasteiger partial charge in [-0.25, -0.2) is 0 Å². The number of amides is 1. The molecule has 1 N–H and O–H groups in total. The predicted molar refractivity (Wildman–Crippen MR) is 90.2 cm³/mol. The van der Waals surface area contributed by atoms with Gasteiger partial charge in [-0.2, -0.15) is 5.10 Å². The number of nitrogens with one attached hydrogen (secondary N) is 1. The summed E-state index contributed by atoms with van der Waals surface area (Å²) in [7, 11) is 0. The molecule has 2 aromatic rings. The summed E-state index contributed by atoms with van der Waals surface area (Å²) in [5, 5.41) is 7.92. The maximum Gasteiger partial charge on any atom is 0.257 e. The van der Waals surface area contributed by atoms with Crippen LogP contribution in [0.3, 0.4) is 0 Å². The van der Waals surface area contributed by atoms with Crippen molar-refractivity contribution < 1.29 is 9.53 Å². The fraction of sp³-hybridized carbons (Fsp3) is 0.375. The summed E-state index contributed by atoms with van der Waals surface area (Å²) >= 11 is 12.0. The number of carbonyl (C=O) groups excluding carboxylic acids is 1. The standard InChI is InChI=1S/C16H17Cl2N3O2/c17-12-1-2-15(18)14(7-12)16(22)20-13-8-19-21(10-13)9-11-3-5-23-6-4-11/h1-2,7-8,10-11H,3-6,9H2,(H,20,22). The molecule has 0 aliphatic carbocycles. The molecule has 1 amide bonds. The van der Waals surface area contributed by atoms with Gasteiger partial charge in [0.2, 0.25) is 0 Å². The summed E-state index contributed by atoms with van der Waals surface area (Å²) in [6.45, 7) is 2.45. The van der Waals surface area contributed by atoms with E-state index in [1.165, 1.54) is 0 Å². The molecule has 0 saturated carbocycles. The van der Waals surface area contributed by atoms with Gasteiger partial charge in [0, 0.05) is 31.0 Å². The molecule has 3 rings (SSSR count). The first kappa shape index (κ1) is 16.3. The maximum absolute atomic E-state index is 12.3. The first-order valence-electron chi connectivity index (χ1n) is 7.48. The normalized spacial score (nSPS) is 15.6. The van der Waals surface area contributed by atoms with E-state index in [0.29, 0.717) is 27.2 Å². The molecule has 1 fully saturated rings. The van der Waals surface area contributed by atoms with Gasteiger partial charge >= 0.3 is 0 Å². The highest BCUT2D eigenvalue weighted by molar-refractivity contribution is 6.36. The summed E-state index contributed by atoms with van der Waals surface area (Å²) in [6, 6.07) is 4.80. The highest BCUT2D eigenvalue weighted by Gasteiger charge is 2.16. The van der Waals surface area contributed by atoms with E-state index in [4.69, 9.17) is 27.9 Å². The summed E-state index contributed by atoms with van der Waals surface area (Å²) in [5.74, 6) is 0.262. The second-order valence-corrected chi connectivity index (χ2v) is 6.43. The van der Waals surface area contributed by atoms with Crippen LogP contribution in [-0.4, -0.2) is 28.9 Å². The van der Waals surface area contributed by atoms with Crippen LogP contribution in [-0.2, 0) is 11.3 Å². The Bertz CT molecular complexity index is 696. The summed E-state index contributed by atoms with van der Waals surface area (Å²) in [5.41, 5.74) is 0.981. The molecule has 0 radical (unpaired) electrons. The van der Waals surface area contributed by atoms with Crippen LogP contribution < -0.4 is 5.32 Å². The van der Waals surface area contributed by atoms with Gasteiger partial charge in [-0.15, -0.1) is 0 Å². The molecular formula is C16H17Cl2N3O2. The first-order valence-corrected chi connectivity index (χ1v) is 8.24. The Balaban J connectivity index is 1.64. The van der Waals surface area contributed by atoms with E-state index >= 15 is 0 Å². The number of hydrogen-bond acceptors (Lipinski definition) is 3. The van der Waals surface area contributed by atoms with Crippen LogP contribution >= 0.6 is 23.2 Å². The Hall–Kier alpha value is -1.56. The summed E-state index contributed by atoms with van der Waals surface area (Å²) in [6.07, 6.45) is 5.54. The van der Waals surface area contributed by atoms with Crippen molar-refractivity contribution >= 4 is 34.8 Å². The number of aromatic nitrogens is 2. The number of rotatable bonds is 4. The second kappa shape index (κ2) is 7.34. The molecule has 1 aromatic heterocycles. The number of anilines is 1. The van der Waals surface area contributed by atoms with Crippen molar-refractivity contribution in [3.8, 4) is 0 Å². The Morgan fingerprint density at radius 1 is 1.35 bits per heavy atom. The van der Waals surface area contributed by atoms with E-state index in [2.05, 4.69) is 10.4 Å². The quantitative estimate of drug-likeness (QED) is 0.907. The van der Waals surface area contributed by atoms with E-state index < -0.39 is 0 Å². The van der Waals surface area contributed by atoms with Crippen LogP contribution in [0.2, 0.25) is 10.0 Å². The molecule has 0 unspecified atom stereocenters. The summed E-state index contributed by atoms with van der Waals surface area (Å²) in [4.78, 5) is 12.3. The minimum absolute atomic E-state index is 0.303. The largest absolute Gasteiger partial charge is 0.381 e. The van der Waals surface area contributed by atoms with Crippen molar-refractivity contribution in [3.63, 3.8) is 0 Å². The van der Waals surface area contributed by atoms with Crippen molar-refractivity contribution in [2.45, 2.75) is 19.4 Å². The third kappa shape index (κ3) is 4.25. The van der Waals surface area contributed by atoms with Crippen molar-refractivity contribution in [2.75, 3.05) is 18.5 Å². The maximum atomic E-state index is 12.3. The van der Waals surface area contributed by atoms with Crippen molar-refractivity contribution in [1.29, 1.82) is 0 Å². The van der Waals surface area contributed by atoms with Gasteiger partial charge in [0.15, 0.2) is 0 Å². The number of halogens is 2. The highest BCUT2D eigenvalue weighted by atomic mass is 35.5. The van der Waals surface area contributed by atoms with Gasteiger partial charge < -0.3 is 10.1 Å². The van der Waals surface area contributed by atoms with Gasteiger partial charge in [0.05, 0.1) is 22.5 Å². The molecular weight excluding hydrogens is 337 g/mol. The minimum Gasteiger partial charge on any atom is -0.381 e. The molecule has 1 aromatic carbocycles. The molecule has 2 heterocycles. The molecule has 1 aliphatic rings. The van der Waals surface area contributed by atoms with Crippen LogP contribution in [0, 0.1) is 5.92 Å². The molecule has 1 aliphatic heterocycles. The second-order valence-electron chi connectivity index (χ2n) is 5.59. The molecule has 5 nitrogen and oxygen atoms in total. The fourth-order valence-corrected chi connectivity index (χ4v) is 2.97. The van der Waals surface area contributed by atoms with E-state index in [1.807, 2.05) is 10.9 Å². The van der Waals surface area contributed by atoms with Gasteiger partial charge in [0.1, 0.15) is 0 Å². The van der Waals surface area contributed by atoms with E-state index in [1.54, 1.807) is 24.4 Å². The molecule has 0 bridgehead atoms. The minimum atomic E-state index is -0.303. The lowest BCUT2D eigenvalue weighted by Gasteiger charge is -2.21. The molecule has 122 valence electrons. The third-order valence-corrected chi connectivity index (χ3v) is 4.41. The number of carbonyl (C=O) groups is 1. The molecule has 1 saturated heterocycles.